The number of unbranched alkanes of at least 4 members (excludes halogenated alkanes) is 1. The number of allylic oxidation sites excluding steroid dienone is 4. The highest BCUT2D eigenvalue weighted by molar-refractivity contribution is 5.67. The summed E-state index contributed by atoms with van der Waals surface area (Å²) in [5, 5.41) is 6.28. The average molecular weight is 192 g/mol. The molecule has 1 rings (SSSR count). The number of hydrazone groups is 1. The molecule has 14 heavy (non-hydrogen) atoms. The van der Waals surface area contributed by atoms with Crippen LogP contribution in [0.15, 0.2) is 29.0 Å². The standard InChI is InChI=1S/C12H20N2/c1-4-6-8-11-10-13-14(3)12(11)9-7-5-2/h5,7,9-11H,4,6,8H2,1-3H3/b7-5-,12-9+. The normalized spacial score (nSPS) is 24.4. The molecule has 2 nitrogen and oxygen atoms in total. The molecule has 1 atom stereocenters. The van der Waals surface area contributed by atoms with Crippen LogP contribution in [0.2, 0.25) is 0 Å². The number of hydrogen-bond acceptors (Lipinski definition) is 2. The lowest BCUT2D eigenvalue weighted by molar-refractivity contribution is 0.434. The molecular formula is C12H20N2. The van der Waals surface area contributed by atoms with Gasteiger partial charge in [-0.1, -0.05) is 31.9 Å². The topological polar surface area (TPSA) is 15.6 Å². The van der Waals surface area contributed by atoms with E-state index in [1.165, 1.54) is 25.0 Å². The Morgan fingerprint density at radius 2 is 2.36 bits per heavy atom. The van der Waals surface area contributed by atoms with Crippen LogP contribution in [0, 0.1) is 5.92 Å². The van der Waals surface area contributed by atoms with Crippen LogP contribution in [0.1, 0.15) is 33.1 Å². The second kappa shape index (κ2) is 5.63. The lowest BCUT2D eigenvalue weighted by atomic mass is 10.00. The Kier molecular flexibility index (Phi) is 4.44. The fraction of sp³-hybridized carbons (Fsp3) is 0.583. The molecule has 0 aromatic rings. The summed E-state index contributed by atoms with van der Waals surface area (Å²) in [6, 6.07) is 0. The van der Waals surface area contributed by atoms with Crippen LogP contribution in [0.25, 0.3) is 0 Å². The molecule has 1 aliphatic heterocycles. The first kappa shape index (κ1) is 11.0. The Morgan fingerprint density at radius 3 is 3.00 bits per heavy atom. The van der Waals surface area contributed by atoms with Gasteiger partial charge in [-0.05, 0) is 19.4 Å². The summed E-state index contributed by atoms with van der Waals surface area (Å²) in [5.41, 5.74) is 1.32. The van der Waals surface area contributed by atoms with Crippen molar-refractivity contribution < 1.29 is 0 Å². The maximum atomic E-state index is 4.31. The maximum absolute atomic E-state index is 4.31. The van der Waals surface area contributed by atoms with Gasteiger partial charge < -0.3 is 0 Å². The van der Waals surface area contributed by atoms with Gasteiger partial charge in [0.2, 0.25) is 0 Å². The molecule has 0 N–H and O–H groups in total. The van der Waals surface area contributed by atoms with E-state index in [0.717, 1.165) is 0 Å². The Labute approximate surface area is 87.0 Å². The summed E-state index contributed by atoms with van der Waals surface area (Å²) in [5.74, 6) is 0.524. The quantitative estimate of drug-likeness (QED) is 0.668. The van der Waals surface area contributed by atoms with Gasteiger partial charge in [0.15, 0.2) is 0 Å². The first-order valence-corrected chi connectivity index (χ1v) is 5.40. The molecule has 2 heteroatoms. The molecule has 78 valence electrons. The van der Waals surface area contributed by atoms with Crippen molar-refractivity contribution in [1.82, 2.24) is 5.01 Å². The van der Waals surface area contributed by atoms with E-state index in [9.17, 15) is 0 Å². The van der Waals surface area contributed by atoms with E-state index in [4.69, 9.17) is 0 Å². The Balaban J connectivity index is 2.61. The van der Waals surface area contributed by atoms with Gasteiger partial charge in [0.05, 0.1) is 0 Å². The highest BCUT2D eigenvalue weighted by Crippen LogP contribution is 2.24. The molecule has 0 aliphatic carbocycles. The zero-order chi connectivity index (χ0) is 10.4. The van der Waals surface area contributed by atoms with Gasteiger partial charge in [-0.2, -0.15) is 5.10 Å². The van der Waals surface area contributed by atoms with Crippen LogP contribution in [0.3, 0.4) is 0 Å². The lowest BCUT2D eigenvalue weighted by Gasteiger charge is -2.14. The first-order chi connectivity index (χ1) is 6.79. The molecule has 1 heterocycles. The molecule has 0 saturated heterocycles. The first-order valence-electron chi connectivity index (χ1n) is 5.40. The van der Waals surface area contributed by atoms with Gasteiger partial charge in [0.1, 0.15) is 0 Å². The smallest absolute Gasteiger partial charge is 0.0449 e. The molecule has 0 bridgehead atoms. The molecule has 0 amide bonds. The average Bonchev–Trinajstić information content (AvgIpc) is 2.53. The minimum atomic E-state index is 0.524. The van der Waals surface area contributed by atoms with Gasteiger partial charge in [0, 0.05) is 24.9 Å². The minimum Gasteiger partial charge on any atom is -0.272 e. The second-order valence-electron chi connectivity index (χ2n) is 3.65. The molecule has 0 radical (unpaired) electrons. The van der Waals surface area contributed by atoms with Crippen molar-refractivity contribution >= 4 is 6.21 Å². The number of rotatable bonds is 4. The molecule has 0 saturated carbocycles. The van der Waals surface area contributed by atoms with E-state index >= 15 is 0 Å². The van der Waals surface area contributed by atoms with Crippen molar-refractivity contribution in [1.29, 1.82) is 0 Å². The van der Waals surface area contributed by atoms with Crippen LogP contribution in [-0.2, 0) is 0 Å². The van der Waals surface area contributed by atoms with Crippen LogP contribution < -0.4 is 0 Å². The summed E-state index contributed by atoms with van der Waals surface area (Å²) in [6.45, 7) is 4.26. The third-order valence-electron chi connectivity index (χ3n) is 2.50. The van der Waals surface area contributed by atoms with E-state index in [0.29, 0.717) is 5.92 Å². The summed E-state index contributed by atoms with van der Waals surface area (Å²) < 4.78 is 0. The molecular weight excluding hydrogens is 172 g/mol. The zero-order valence-electron chi connectivity index (χ0n) is 9.40. The molecule has 0 spiro atoms. The van der Waals surface area contributed by atoms with Crippen molar-refractivity contribution in [2.45, 2.75) is 33.1 Å². The maximum Gasteiger partial charge on any atom is 0.0449 e. The van der Waals surface area contributed by atoms with E-state index in [-0.39, 0.29) is 0 Å². The van der Waals surface area contributed by atoms with Crippen molar-refractivity contribution in [3.05, 3.63) is 23.9 Å². The van der Waals surface area contributed by atoms with Crippen molar-refractivity contribution in [3.63, 3.8) is 0 Å². The minimum absolute atomic E-state index is 0.524. The number of hydrogen-bond donors (Lipinski definition) is 0. The highest BCUT2D eigenvalue weighted by Gasteiger charge is 2.19. The van der Waals surface area contributed by atoms with Crippen molar-refractivity contribution in [3.8, 4) is 0 Å². The Bertz CT molecular complexity index is 251. The Morgan fingerprint density at radius 1 is 1.57 bits per heavy atom. The SMILES string of the molecule is C/C=C\C=C1/C(CCCC)C=NN1C. The summed E-state index contributed by atoms with van der Waals surface area (Å²) in [7, 11) is 2.01. The van der Waals surface area contributed by atoms with Crippen LogP contribution in [-0.4, -0.2) is 18.3 Å². The lowest BCUT2D eigenvalue weighted by Crippen LogP contribution is -2.11. The van der Waals surface area contributed by atoms with Crippen LogP contribution >= 0.6 is 0 Å². The summed E-state index contributed by atoms with van der Waals surface area (Å²) >= 11 is 0. The molecule has 1 unspecified atom stereocenters. The second-order valence-corrected chi connectivity index (χ2v) is 3.65. The predicted molar refractivity (Wildman–Crippen MR) is 62.2 cm³/mol. The van der Waals surface area contributed by atoms with Crippen molar-refractivity contribution in [2.75, 3.05) is 7.05 Å². The van der Waals surface area contributed by atoms with Crippen LogP contribution in [0.5, 0.6) is 0 Å². The molecule has 0 aromatic heterocycles. The summed E-state index contributed by atoms with van der Waals surface area (Å²) in [4.78, 5) is 0. The Hall–Kier alpha value is -1.05. The molecule has 0 aromatic carbocycles. The van der Waals surface area contributed by atoms with Gasteiger partial charge in [-0.15, -0.1) is 0 Å². The molecule has 1 aliphatic rings. The summed E-state index contributed by atoms with van der Waals surface area (Å²) in [6.07, 6.45) is 12.1. The predicted octanol–water partition coefficient (Wildman–Crippen LogP) is 3.18. The zero-order valence-corrected chi connectivity index (χ0v) is 9.40. The highest BCUT2D eigenvalue weighted by atomic mass is 15.5. The fourth-order valence-corrected chi connectivity index (χ4v) is 1.64. The van der Waals surface area contributed by atoms with Gasteiger partial charge in [-0.3, -0.25) is 5.01 Å². The van der Waals surface area contributed by atoms with E-state index in [1.807, 2.05) is 19.0 Å². The van der Waals surface area contributed by atoms with Gasteiger partial charge in [-0.25, -0.2) is 0 Å². The fourth-order valence-electron chi connectivity index (χ4n) is 1.64. The molecule has 0 fully saturated rings. The van der Waals surface area contributed by atoms with E-state index in [1.54, 1.807) is 0 Å². The van der Waals surface area contributed by atoms with Crippen LogP contribution in [0.4, 0.5) is 0 Å². The third kappa shape index (κ3) is 2.72. The van der Waals surface area contributed by atoms with E-state index < -0.39 is 0 Å². The van der Waals surface area contributed by atoms with Crippen molar-refractivity contribution in [2.24, 2.45) is 11.0 Å². The van der Waals surface area contributed by atoms with E-state index in [2.05, 4.69) is 36.5 Å². The monoisotopic (exact) mass is 192 g/mol. The van der Waals surface area contributed by atoms with Gasteiger partial charge in [0.25, 0.3) is 0 Å². The number of nitrogens with zero attached hydrogens (tertiary/aromatic N) is 2. The van der Waals surface area contributed by atoms with Gasteiger partial charge >= 0.3 is 0 Å². The third-order valence-corrected chi connectivity index (χ3v) is 2.50. The largest absolute Gasteiger partial charge is 0.272 e.